The Bertz CT molecular complexity index is 649. The first-order valence-electron chi connectivity index (χ1n) is 6.63. The van der Waals surface area contributed by atoms with E-state index in [1.807, 2.05) is 13.8 Å². The fourth-order valence-electron chi connectivity index (χ4n) is 1.75. The molecule has 21 heavy (non-hydrogen) atoms. The van der Waals surface area contributed by atoms with Crippen LogP contribution in [0.25, 0.3) is 0 Å². The molecule has 2 aromatic rings. The highest BCUT2D eigenvalue weighted by Crippen LogP contribution is 2.28. The second-order valence-electron chi connectivity index (χ2n) is 4.65. The molecule has 0 saturated heterocycles. The first-order valence-corrected chi connectivity index (χ1v) is 7.42. The Balaban J connectivity index is 2.25. The molecular weight excluding hydrogens is 337 g/mol. The third-order valence-electron chi connectivity index (χ3n) is 2.86. The highest BCUT2D eigenvalue weighted by atomic mass is 79.9. The van der Waals surface area contributed by atoms with Crippen LogP contribution in [-0.4, -0.2) is 11.6 Å². The smallest absolute Gasteiger partial charge is 0.239 e. The molecule has 0 saturated carbocycles. The van der Waals surface area contributed by atoms with Crippen molar-refractivity contribution in [3.63, 3.8) is 0 Å². The van der Waals surface area contributed by atoms with E-state index in [-0.39, 0.29) is 5.82 Å². The van der Waals surface area contributed by atoms with Crippen LogP contribution in [0, 0.1) is 12.7 Å². The standard InChI is InChI=1S/C15H17BrFN3O/c1-3-6-21-15-12(18)4-5-14(20-15)19-13-8-11(17)10(16)7-9(13)2/h4-5,7-8H,3,6,18H2,1-2H3,(H,19,20). The molecule has 0 aliphatic carbocycles. The fourth-order valence-corrected chi connectivity index (χ4v) is 2.21. The van der Waals surface area contributed by atoms with E-state index in [1.165, 1.54) is 6.07 Å². The zero-order valence-corrected chi connectivity index (χ0v) is 13.5. The zero-order chi connectivity index (χ0) is 15.4. The Labute approximate surface area is 131 Å². The molecule has 0 atom stereocenters. The molecular formula is C15H17BrFN3O. The van der Waals surface area contributed by atoms with Gasteiger partial charge in [0.2, 0.25) is 5.88 Å². The van der Waals surface area contributed by atoms with Crippen LogP contribution in [0.3, 0.4) is 0 Å². The van der Waals surface area contributed by atoms with Gasteiger partial charge in [0, 0.05) is 5.69 Å². The van der Waals surface area contributed by atoms with Crippen LogP contribution in [0.4, 0.5) is 21.6 Å². The van der Waals surface area contributed by atoms with Gasteiger partial charge in [-0.3, -0.25) is 0 Å². The summed E-state index contributed by atoms with van der Waals surface area (Å²) in [6.07, 6.45) is 0.871. The van der Waals surface area contributed by atoms with Gasteiger partial charge in [-0.2, -0.15) is 4.98 Å². The minimum Gasteiger partial charge on any atom is -0.476 e. The lowest BCUT2D eigenvalue weighted by molar-refractivity contribution is 0.307. The molecule has 0 aliphatic rings. The summed E-state index contributed by atoms with van der Waals surface area (Å²) in [6, 6.07) is 6.58. The maximum Gasteiger partial charge on any atom is 0.239 e. The third kappa shape index (κ3) is 3.85. The van der Waals surface area contributed by atoms with Gasteiger partial charge in [-0.25, -0.2) is 4.39 Å². The number of pyridine rings is 1. The van der Waals surface area contributed by atoms with Gasteiger partial charge in [-0.15, -0.1) is 0 Å². The van der Waals surface area contributed by atoms with E-state index in [9.17, 15) is 4.39 Å². The van der Waals surface area contributed by atoms with E-state index < -0.39 is 0 Å². The van der Waals surface area contributed by atoms with E-state index in [0.717, 1.165) is 12.0 Å². The van der Waals surface area contributed by atoms with E-state index in [2.05, 4.69) is 26.2 Å². The monoisotopic (exact) mass is 353 g/mol. The SMILES string of the molecule is CCCOc1nc(Nc2cc(F)c(Br)cc2C)ccc1N. The fraction of sp³-hybridized carbons (Fsp3) is 0.267. The lowest BCUT2D eigenvalue weighted by atomic mass is 10.2. The number of nitrogens with two attached hydrogens (primary N) is 1. The number of nitrogens with one attached hydrogen (secondary N) is 1. The highest BCUT2D eigenvalue weighted by molar-refractivity contribution is 9.10. The van der Waals surface area contributed by atoms with E-state index in [4.69, 9.17) is 10.5 Å². The maximum atomic E-state index is 13.6. The van der Waals surface area contributed by atoms with Crippen molar-refractivity contribution < 1.29 is 9.13 Å². The van der Waals surface area contributed by atoms with Crippen LogP contribution < -0.4 is 15.8 Å². The number of halogens is 2. The lowest BCUT2D eigenvalue weighted by Gasteiger charge is -2.12. The van der Waals surface area contributed by atoms with Crippen molar-refractivity contribution in [1.29, 1.82) is 0 Å². The van der Waals surface area contributed by atoms with Crippen molar-refractivity contribution in [2.24, 2.45) is 0 Å². The molecule has 112 valence electrons. The molecule has 2 rings (SSSR count). The maximum absolute atomic E-state index is 13.6. The molecule has 6 heteroatoms. The summed E-state index contributed by atoms with van der Waals surface area (Å²) in [4.78, 5) is 4.31. The Hall–Kier alpha value is -1.82. The number of aromatic nitrogens is 1. The van der Waals surface area contributed by atoms with Gasteiger partial charge in [0.1, 0.15) is 11.6 Å². The number of nitrogen functional groups attached to an aromatic ring is 1. The molecule has 0 fully saturated rings. The van der Waals surface area contributed by atoms with Gasteiger partial charge >= 0.3 is 0 Å². The average Bonchev–Trinajstić information content (AvgIpc) is 2.45. The van der Waals surface area contributed by atoms with E-state index in [1.54, 1.807) is 18.2 Å². The van der Waals surface area contributed by atoms with Gasteiger partial charge < -0.3 is 15.8 Å². The molecule has 3 N–H and O–H groups in total. The molecule has 0 spiro atoms. The van der Waals surface area contributed by atoms with Crippen molar-refractivity contribution in [3.05, 3.63) is 40.1 Å². The number of hydrogen-bond acceptors (Lipinski definition) is 4. The molecule has 0 unspecified atom stereocenters. The summed E-state index contributed by atoms with van der Waals surface area (Å²) in [5.74, 6) is 0.609. The van der Waals surface area contributed by atoms with Gasteiger partial charge in [0.25, 0.3) is 0 Å². The number of aryl methyl sites for hydroxylation is 1. The first-order chi connectivity index (χ1) is 10.0. The van der Waals surface area contributed by atoms with Crippen LogP contribution in [0.5, 0.6) is 5.88 Å². The molecule has 0 radical (unpaired) electrons. The molecule has 4 nitrogen and oxygen atoms in total. The third-order valence-corrected chi connectivity index (χ3v) is 3.47. The van der Waals surface area contributed by atoms with Gasteiger partial charge in [-0.1, -0.05) is 6.92 Å². The summed E-state index contributed by atoms with van der Waals surface area (Å²) in [6.45, 7) is 4.44. The second-order valence-corrected chi connectivity index (χ2v) is 5.50. The molecule has 1 aromatic heterocycles. The molecule has 0 aliphatic heterocycles. The number of ether oxygens (including phenoxy) is 1. The Kier molecular flexibility index (Phi) is 5.01. The second kappa shape index (κ2) is 6.76. The number of nitrogens with zero attached hydrogens (tertiary/aromatic N) is 1. The highest BCUT2D eigenvalue weighted by Gasteiger charge is 2.08. The number of anilines is 3. The number of rotatable bonds is 5. The Morgan fingerprint density at radius 3 is 2.86 bits per heavy atom. The van der Waals surface area contributed by atoms with Crippen molar-refractivity contribution in [2.45, 2.75) is 20.3 Å². The summed E-state index contributed by atoms with van der Waals surface area (Å²) in [5, 5.41) is 3.08. The van der Waals surface area contributed by atoms with Crippen LogP contribution in [0.2, 0.25) is 0 Å². The zero-order valence-electron chi connectivity index (χ0n) is 11.9. The lowest BCUT2D eigenvalue weighted by Crippen LogP contribution is -2.04. The number of hydrogen-bond donors (Lipinski definition) is 2. The van der Waals surface area contributed by atoms with E-state index in [0.29, 0.717) is 34.2 Å². The summed E-state index contributed by atoms with van der Waals surface area (Å²) in [5.41, 5.74) is 7.84. The van der Waals surface area contributed by atoms with Crippen LogP contribution in [0.15, 0.2) is 28.7 Å². The number of benzene rings is 1. The normalized spacial score (nSPS) is 10.5. The molecule has 0 amide bonds. The molecule has 1 aromatic carbocycles. The molecule has 1 heterocycles. The minimum atomic E-state index is -0.332. The van der Waals surface area contributed by atoms with E-state index >= 15 is 0 Å². The van der Waals surface area contributed by atoms with Gasteiger partial charge in [-0.05, 0) is 59.1 Å². The summed E-state index contributed by atoms with van der Waals surface area (Å²) < 4.78 is 19.5. The van der Waals surface area contributed by atoms with Crippen molar-refractivity contribution >= 4 is 33.1 Å². The first kappa shape index (κ1) is 15.6. The van der Waals surface area contributed by atoms with Crippen molar-refractivity contribution in [1.82, 2.24) is 4.98 Å². The van der Waals surface area contributed by atoms with Crippen LogP contribution >= 0.6 is 15.9 Å². The quantitative estimate of drug-likeness (QED) is 0.835. The van der Waals surface area contributed by atoms with Crippen LogP contribution in [0.1, 0.15) is 18.9 Å². The average molecular weight is 354 g/mol. The van der Waals surface area contributed by atoms with Crippen molar-refractivity contribution in [3.8, 4) is 5.88 Å². The van der Waals surface area contributed by atoms with Crippen LogP contribution in [-0.2, 0) is 0 Å². The predicted octanol–water partition coefficient (Wildman–Crippen LogP) is 4.41. The van der Waals surface area contributed by atoms with Crippen molar-refractivity contribution in [2.75, 3.05) is 17.7 Å². The molecule has 0 bridgehead atoms. The van der Waals surface area contributed by atoms with Gasteiger partial charge in [0.15, 0.2) is 0 Å². The Morgan fingerprint density at radius 1 is 1.38 bits per heavy atom. The van der Waals surface area contributed by atoms with Gasteiger partial charge in [0.05, 0.1) is 16.8 Å². The Morgan fingerprint density at radius 2 is 2.14 bits per heavy atom. The minimum absolute atomic E-state index is 0.332. The summed E-state index contributed by atoms with van der Waals surface area (Å²) in [7, 11) is 0. The summed E-state index contributed by atoms with van der Waals surface area (Å²) >= 11 is 3.16. The topological polar surface area (TPSA) is 60.2 Å². The predicted molar refractivity (Wildman–Crippen MR) is 86.6 cm³/mol. The largest absolute Gasteiger partial charge is 0.476 e.